The zero-order chi connectivity index (χ0) is 8.91. The monoisotopic (exact) mass is 171 g/mol. The van der Waals surface area contributed by atoms with Crippen LogP contribution in [0.3, 0.4) is 0 Å². The SMILES string of the molecule is C=CC[Si](C)(C)NC(C)CC. The summed E-state index contributed by atoms with van der Waals surface area (Å²) in [6.45, 7) is 12.9. The largest absolute Gasteiger partial charge is 0.335 e. The Morgan fingerprint density at radius 1 is 1.55 bits per heavy atom. The third-order valence-electron chi connectivity index (χ3n) is 1.90. The van der Waals surface area contributed by atoms with E-state index in [2.05, 4.69) is 38.5 Å². The molecule has 0 aromatic rings. The lowest BCUT2D eigenvalue weighted by Crippen LogP contribution is -2.48. The van der Waals surface area contributed by atoms with E-state index in [0.717, 1.165) is 6.04 Å². The maximum Gasteiger partial charge on any atom is 0.123 e. The van der Waals surface area contributed by atoms with Crippen molar-refractivity contribution in [2.45, 2.75) is 45.4 Å². The standard InChI is InChI=1S/C9H21NSi/c1-6-8-11(4,5)10-9(3)7-2/h6,9-10H,1,7-8H2,2-5H3. The van der Waals surface area contributed by atoms with Gasteiger partial charge in [-0.25, -0.2) is 0 Å². The first-order valence-electron chi connectivity index (χ1n) is 4.40. The molecule has 0 bridgehead atoms. The van der Waals surface area contributed by atoms with E-state index in [1.807, 2.05) is 6.08 Å². The molecule has 2 heteroatoms. The Hall–Kier alpha value is -0.0831. The molecule has 1 nitrogen and oxygen atoms in total. The van der Waals surface area contributed by atoms with E-state index in [1.54, 1.807) is 0 Å². The first-order chi connectivity index (χ1) is 5.02. The van der Waals surface area contributed by atoms with Crippen LogP contribution in [-0.2, 0) is 0 Å². The lowest BCUT2D eigenvalue weighted by molar-refractivity contribution is 0.641. The molecular weight excluding hydrogens is 150 g/mol. The van der Waals surface area contributed by atoms with Gasteiger partial charge in [0.25, 0.3) is 0 Å². The minimum Gasteiger partial charge on any atom is -0.335 e. The Balaban J connectivity index is 3.79. The van der Waals surface area contributed by atoms with Crippen LogP contribution in [0.2, 0.25) is 19.1 Å². The molecule has 0 rings (SSSR count). The molecule has 66 valence electrons. The van der Waals surface area contributed by atoms with Gasteiger partial charge < -0.3 is 4.98 Å². The topological polar surface area (TPSA) is 12.0 Å². The average Bonchev–Trinajstić information content (AvgIpc) is 1.86. The van der Waals surface area contributed by atoms with Crippen molar-refractivity contribution in [2.24, 2.45) is 0 Å². The van der Waals surface area contributed by atoms with Crippen molar-refractivity contribution in [3.05, 3.63) is 12.7 Å². The van der Waals surface area contributed by atoms with Crippen LogP contribution in [-0.4, -0.2) is 14.3 Å². The fraction of sp³-hybridized carbons (Fsp3) is 0.778. The van der Waals surface area contributed by atoms with E-state index >= 15 is 0 Å². The predicted molar refractivity (Wildman–Crippen MR) is 55.4 cm³/mol. The molecule has 1 unspecified atom stereocenters. The number of hydrogen-bond donors (Lipinski definition) is 1. The van der Waals surface area contributed by atoms with Crippen LogP contribution in [0.5, 0.6) is 0 Å². The first kappa shape index (κ1) is 10.9. The predicted octanol–water partition coefficient (Wildman–Crippen LogP) is 2.77. The summed E-state index contributed by atoms with van der Waals surface area (Å²) >= 11 is 0. The van der Waals surface area contributed by atoms with Crippen LogP contribution < -0.4 is 4.98 Å². The van der Waals surface area contributed by atoms with Gasteiger partial charge in [-0.05, 0) is 18.5 Å². The second-order valence-corrected chi connectivity index (χ2v) is 8.30. The molecule has 0 saturated heterocycles. The van der Waals surface area contributed by atoms with Crippen molar-refractivity contribution in [1.82, 2.24) is 4.98 Å². The lowest BCUT2D eigenvalue weighted by Gasteiger charge is -2.26. The molecular formula is C9H21NSi. The minimum absolute atomic E-state index is 0.664. The van der Waals surface area contributed by atoms with Crippen molar-refractivity contribution in [3.63, 3.8) is 0 Å². The van der Waals surface area contributed by atoms with Gasteiger partial charge in [0.1, 0.15) is 8.24 Å². The van der Waals surface area contributed by atoms with Gasteiger partial charge in [0, 0.05) is 0 Å². The van der Waals surface area contributed by atoms with Crippen LogP contribution in [0, 0.1) is 0 Å². The molecule has 0 aliphatic carbocycles. The molecule has 0 spiro atoms. The lowest BCUT2D eigenvalue weighted by atomic mass is 10.3. The third kappa shape index (κ3) is 5.22. The summed E-state index contributed by atoms with van der Waals surface area (Å²) < 4.78 is 0. The molecule has 0 aromatic heterocycles. The van der Waals surface area contributed by atoms with Crippen molar-refractivity contribution in [3.8, 4) is 0 Å². The average molecular weight is 171 g/mol. The molecule has 0 saturated carbocycles. The van der Waals surface area contributed by atoms with E-state index in [4.69, 9.17) is 0 Å². The van der Waals surface area contributed by atoms with E-state index in [-0.39, 0.29) is 0 Å². The number of allylic oxidation sites excluding steroid dienone is 1. The highest BCUT2D eigenvalue weighted by atomic mass is 28.3. The van der Waals surface area contributed by atoms with E-state index in [1.165, 1.54) is 6.42 Å². The van der Waals surface area contributed by atoms with Gasteiger partial charge in [-0.2, -0.15) is 0 Å². The van der Waals surface area contributed by atoms with Gasteiger partial charge in [0.15, 0.2) is 0 Å². The summed E-state index contributed by atoms with van der Waals surface area (Å²) in [7, 11) is -1.16. The molecule has 0 aromatic carbocycles. The summed E-state index contributed by atoms with van der Waals surface area (Å²) in [6.07, 6.45) is 3.25. The zero-order valence-electron chi connectivity index (χ0n) is 8.28. The smallest absolute Gasteiger partial charge is 0.123 e. The van der Waals surface area contributed by atoms with Crippen molar-refractivity contribution in [2.75, 3.05) is 0 Å². The normalized spacial score (nSPS) is 14.5. The van der Waals surface area contributed by atoms with E-state index in [9.17, 15) is 0 Å². The Bertz CT molecular complexity index is 121. The second kappa shape index (κ2) is 4.73. The first-order valence-corrected chi connectivity index (χ1v) is 7.61. The molecule has 0 aliphatic rings. The van der Waals surface area contributed by atoms with Crippen LogP contribution in [0.4, 0.5) is 0 Å². The van der Waals surface area contributed by atoms with Crippen molar-refractivity contribution in [1.29, 1.82) is 0 Å². The Kier molecular flexibility index (Phi) is 4.69. The maximum atomic E-state index is 3.77. The minimum atomic E-state index is -1.16. The maximum absolute atomic E-state index is 3.77. The summed E-state index contributed by atoms with van der Waals surface area (Å²) in [5.74, 6) is 0. The van der Waals surface area contributed by atoms with Crippen molar-refractivity contribution < 1.29 is 0 Å². The second-order valence-electron chi connectivity index (χ2n) is 3.83. The molecule has 0 radical (unpaired) electrons. The van der Waals surface area contributed by atoms with Crippen LogP contribution in [0.15, 0.2) is 12.7 Å². The molecule has 0 amide bonds. The summed E-state index contributed by atoms with van der Waals surface area (Å²) in [4.78, 5) is 3.67. The highest BCUT2D eigenvalue weighted by Gasteiger charge is 2.19. The van der Waals surface area contributed by atoms with E-state index in [0.29, 0.717) is 6.04 Å². The highest BCUT2D eigenvalue weighted by Crippen LogP contribution is 2.07. The van der Waals surface area contributed by atoms with Crippen LogP contribution >= 0.6 is 0 Å². The van der Waals surface area contributed by atoms with Gasteiger partial charge in [-0.15, -0.1) is 6.58 Å². The summed E-state index contributed by atoms with van der Waals surface area (Å²) in [5, 5.41) is 0. The Labute approximate surface area is 72.0 Å². The van der Waals surface area contributed by atoms with Crippen LogP contribution in [0.1, 0.15) is 20.3 Å². The summed E-state index contributed by atoms with van der Waals surface area (Å²) in [5.41, 5.74) is 0. The van der Waals surface area contributed by atoms with Gasteiger partial charge >= 0.3 is 0 Å². The Morgan fingerprint density at radius 2 is 2.09 bits per heavy atom. The van der Waals surface area contributed by atoms with Crippen molar-refractivity contribution >= 4 is 8.24 Å². The third-order valence-corrected chi connectivity index (χ3v) is 4.49. The van der Waals surface area contributed by atoms with Gasteiger partial charge in [0.05, 0.1) is 0 Å². The number of nitrogens with one attached hydrogen (secondary N) is 1. The molecule has 0 aliphatic heterocycles. The molecule has 0 heterocycles. The molecule has 11 heavy (non-hydrogen) atoms. The number of hydrogen-bond acceptors (Lipinski definition) is 1. The quantitative estimate of drug-likeness (QED) is 0.495. The van der Waals surface area contributed by atoms with Gasteiger partial charge in [-0.1, -0.05) is 33.0 Å². The fourth-order valence-corrected chi connectivity index (χ4v) is 3.57. The van der Waals surface area contributed by atoms with Crippen LogP contribution in [0.25, 0.3) is 0 Å². The molecule has 0 fully saturated rings. The Morgan fingerprint density at radius 3 is 2.45 bits per heavy atom. The van der Waals surface area contributed by atoms with E-state index < -0.39 is 8.24 Å². The van der Waals surface area contributed by atoms with Gasteiger partial charge in [0.2, 0.25) is 0 Å². The number of rotatable bonds is 5. The zero-order valence-corrected chi connectivity index (χ0v) is 9.28. The fourth-order valence-electron chi connectivity index (χ4n) is 1.19. The molecule has 1 atom stereocenters. The summed E-state index contributed by atoms with van der Waals surface area (Å²) in [6, 6.07) is 1.83. The van der Waals surface area contributed by atoms with Gasteiger partial charge in [-0.3, -0.25) is 0 Å². The molecule has 1 N–H and O–H groups in total. The highest BCUT2D eigenvalue weighted by molar-refractivity contribution is 6.75.